The molecule has 0 aromatic heterocycles. The molecule has 1 aromatic carbocycles. The Morgan fingerprint density at radius 1 is 1.35 bits per heavy atom. The van der Waals surface area contributed by atoms with Gasteiger partial charge in [0, 0.05) is 32.8 Å². The molecule has 0 saturated carbocycles. The standard InChI is InChI=1S/C16H24N2O4S/c1-11-8-13(16(19)17-10-14-6-5-7-22-14)9-15(12(11)2)23(20,21)18(3)4/h8-9,14H,5-7,10H2,1-4H3,(H,17,19). The Morgan fingerprint density at radius 2 is 2.04 bits per heavy atom. The Bertz CT molecular complexity index is 692. The van der Waals surface area contributed by atoms with Gasteiger partial charge in [-0.05, 0) is 49.9 Å². The smallest absolute Gasteiger partial charge is 0.251 e. The lowest BCUT2D eigenvalue weighted by Gasteiger charge is -2.17. The fraction of sp³-hybridized carbons (Fsp3) is 0.562. The van der Waals surface area contributed by atoms with Crippen LogP contribution in [0.4, 0.5) is 0 Å². The summed E-state index contributed by atoms with van der Waals surface area (Å²) in [6.07, 6.45) is 2.00. The Hall–Kier alpha value is -1.44. The van der Waals surface area contributed by atoms with E-state index in [1.807, 2.05) is 0 Å². The van der Waals surface area contributed by atoms with Crippen LogP contribution in [0.15, 0.2) is 17.0 Å². The minimum atomic E-state index is -3.59. The number of ether oxygens (including phenoxy) is 1. The molecule has 1 saturated heterocycles. The third kappa shape index (κ3) is 3.91. The molecule has 1 fully saturated rings. The van der Waals surface area contributed by atoms with E-state index in [1.165, 1.54) is 20.2 Å². The quantitative estimate of drug-likeness (QED) is 0.880. The maximum atomic E-state index is 12.4. The minimum absolute atomic E-state index is 0.0514. The molecule has 1 unspecified atom stereocenters. The van der Waals surface area contributed by atoms with Gasteiger partial charge in [0.1, 0.15) is 0 Å². The summed E-state index contributed by atoms with van der Waals surface area (Å²) in [6, 6.07) is 3.16. The van der Waals surface area contributed by atoms with Crippen molar-refractivity contribution in [1.82, 2.24) is 9.62 Å². The molecule has 1 aliphatic rings. The Kier molecular flexibility index (Phi) is 5.44. The van der Waals surface area contributed by atoms with E-state index in [1.54, 1.807) is 19.9 Å². The van der Waals surface area contributed by atoms with Crippen molar-refractivity contribution in [3.8, 4) is 0 Å². The molecule has 2 rings (SSSR count). The maximum absolute atomic E-state index is 12.4. The van der Waals surface area contributed by atoms with Crippen LogP contribution in [0.2, 0.25) is 0 Å². The third-order valence-electron chi connectivity index (χ3n) is 4.15. The molecule has 0 spiro atoms. The summed E-state index contributed by atoms with van der Waals surface area (Å²) in [5.74, 6) is -0.279. The fourth-order valence-electron chi connectivity index (χ4n) is 2.54. The van der Waals surface area contributed by atoms with Gasteiger partial charge in [0.05, 0.1) is 11.0 Å². The molecular weight excluding hydrogens is 316 g/mol. The number of nitrogens with zero attached hydrogens (tertiary/aromatic N) is 1. The van der Waals surface area contributed by atoms with Gasteiger partial charge in [-0.2, -0.15) is 0 Å². The normalized spacial score (nSPS) is 18.4. The van der Waals surface area contributed by atoms with Crippen LogP contribution in [-0.4, -0.2) is 52.0 Å². The van der Waals surface area contributed by atoms with Gasteiger partial charge in [-0.1, -0.05) is 0 Å². The van der Waals surface area contributed by atoms with E-state index in [0.29, 0.717) is 17.7 Å². The molecule has 0 aliphatic carbocycles. The molecule has 23 heavy (non-hydrogen) atoms. The second kappa shape index (κ2) is 6.98. The summed E-state index contributed by atoms with van der Waals surface area (Å²) >= 11 is 0. The van der Waals surface area contributed by atoms with E-state index in [2.05, 4.69) is 5.32 Å². The summed E-state index contributed by atoms with van der Waals surface area (Å²) in [5.41, 5.74) is 1.79. The second-order valence-electron chi connectivity index (χ2n) is 6.05. The average Bonchev–Trinajstić information content (AvgIpc) is 3.00. The van der Waals surface area contributed by atoms with Crippen molar-refractivity contribution in [2.24, 2.45) is 0 Å². The van der Waals surface area contributed by atoms with E-state index in [4.69, 9.17) is 4.74 Å². The molecular formula is C16H24N2O4S. The van der Waals surface area contributed by atoms with Crippen molar-refractivity contribution < 1.29 is 17.9 Å². The number of aryl methyl sites for hydroxylation is 1. The lowest BCUT2D eigenvalue weighted by Crippen LogP contribution is -2.32. The van der Waals surface area contributed by atoms with Crippen molar-refractivity contribution in [3.63, 3.8) is 0 Å². The molecule has 1 amide bonds. The number of carbonyl (C=O) groups excluding carboxylic acids is 1. The van der Waals surface area contributed by atoms with E-state index < -0.39 is 10.0 Å². The third-order valence-corrected chi connectivity index (χ3v) is 6.10. The first-order valence-corrected chi connectivity index (χ1v) is 9.11. The van der Waals surface area contributed by atoms with Crippen LogP contribution in [0.25, 0.3) is 0 Å². The highest BCUT2D eigenvalue weighted by Gasteiger charge is 2.23. The largest absolute Gasteiger partial charge is 0.376 e. The maximum Gasteiger partial charge on any atom is 0.251 e. The lowest BCUT2D eigenvalue weighted by molar-refractivity contribution is 0.0857. The van der Waals surface area contributed by atoms with Crippen LogP contribution >= 0.6 is 0 Å². The molecule has 128 valence electrons. The summed E-state index contributed by atoms with van der Waals surface area (Å²) in [4.78, 5) is 12.5. The number of carbonyl (C=O) groups is 1. The first kappa shape index (κ1) is 17.9. The Morgan fingerprint density at radius 3 is 2.61 bits per heavy atom. The summed E-state index contributed by atoms with van der Waals surface area (Å²) in [5, 5.41) is 2.82. The monoisotopic (exact) mass is 340 g/mol. The highest BCUT2D eigenvalue weighted by atomic mass is 32.2. The summed E-state index contributed by atoms with van der Waals surface area (Å²) in [6.45, 7) is 4.73. The first-order valence-electron chi connectivity index (χ1n) is 7.67. The fourth-order valence-corrected chi connectivity index (χ4v) is 3.75. The van der Waals surface area contributed by atoms with Crippen LogP contribution in [-0.2, 0) is 14.8 Å². The van der Waals surface area contributed by atoms with Crippen molar-refractivity contribution in [2.45, 2.75) is 37.7 Å². The van der Waals surface area contributed by atoms with E-state index in [-0.39, 0.29) is 16.9 Å². The van der Waals surface area contributed by atoms with E-state index in [9.17, 15) is 13.2 Å². The number of rotatable bonds is 5. The number of sulfonamides is 1. The van der Waals surface area contributed by atoms with Crippen LogP contribution in [0, 0.1) is 13.8 Å². The van der Waals surface area contributed by atoms with Gasteiger partial charge in [-0.3, -0.25) is 4.79 Å². The van der Waals surface area contributed by atoms with Gasteiger partial charge in [-0.15, -0.1) is 0 Å². The highest BCUT2D eigenvalue weighted by Crippen LogP contribution is 2.23. The van der Waals surface area contributed by atoms with Gasteiger partial charge in [0.15, 0.2) is 0 Å². The van der Waals surface area contributed by atoms with Crippen molar-refractivity contribution in [3.05, 3.63) is 28.8 Å². The molecule has 0 radical (unpaired) electrons. The molecule has 1 aliphatic heterocycles. The minimum Gasteiger partial charge on any atom is -0.376 e. The molecule has 1 atom stereocenters. The number of benzene rings is 1. The lowest BCUT2D eigenvalue weighted by atomic mass is 10.1. The summed E-state index contributed by atoms with van der Waals surface area (Å²) in [7, 11) is -0.627. The predicted octanol–water partition coefficient (Wildman–Crippen LogP) is 1.46. The zero-order valence-electron chi connectivity index (χ0n) is 14.0. The molecule has 0 bridgehead atoms. The van der Waals surface area contributed by atoms with Crippen molar-refractivity contribution in [2.75, 3.05) is 27.2 Å². The SMILES string of the molecule is Cc1cc(C(=O)NCC2CCCO2)cc(S(=O)(=O)N(C)C)c1C. The predicted molar refractivity (Wildman–Crippen MR) is 88.1 cm³/mol. The first-order chi connectivity index (χ1) is 10.7. The van der Waals surface area contributed by atoms with Crippen LogP contribution < -0.4 is 5.32 Å². The summed E-state index contributed by atoms with van der Waals surface area (Å²) < 4.78 is 31.5. The molecule has 1 heterocycles. The van der Waals surface area contributed by atoms with E-state index >= 15 is 0 Å². The van der Waals surface area contributed by atoms with Gasteiger partial charge >= 0.3 is 0 Å². The van der Waals surface area contributed by atoms with Crippen molar-refractivity contribution in [1.29, 1.82) is 0 Å². The number of nitrogens with one attached hydrogen (secondary N) is 1. The second-order valence-corrected chi connectivity index (χ2v) is 8.17. The van der Waals surface area contributed by atoms with E-state index in [0.717, 1.165) is 29.3 Å². The topological polar surface area (TPSA) is 75.7 Å². The average molecular weight is 340 g/mol. The number of hydrogen-bond acceptors (Lipinski definition) is 4. The molecule has 1 aromatic rings. The van der Waals surface area contributed by atoms with Gasteiger partial charge < -0.3 is 10.1 Å². The zero-order chi connectivity index (χ0) is 17.2. The Balaban J connectivity index is 2.25. The molecule has 1 N–H and O–H groups in total. The van der Waals surface area contributed by atoms with Gasteiger partial charge in [0.25, 0.3) is 5.91 Å². The van der Waals surface area contributed by atoms with Crippen LogP contribution in [0.3, 0.4) is 0 Å². The highest BCUT2D eigenvalue weighted by molar-refractivity contribution is 7.89. The number of hydrogen-bond donors (Lipinski definition) is 1. The van der Waals surface area contributed by atoms with Gasteiger partial charge in [-0.25, -0.2) is 12.7 Å². The molecule has 6 nitrogen and oxygen atoms in total. The Labute approximate surface area is 137 Å². The number of amides is 1. The zero-order valence-corrected chi connectivity index (χ0v) is 14.9. The van der Waals surface area contributed by atoms with Crippen LogP contribution in [0.5, 0.6) is 0 Å². The van der Waals surface area contributed by atoms with Gasteiger partial charge in [0.2, 0.25) is 10.0 Å². The van der Waals surface area contributed by atoms with Crippen LogP contribution in [0.1, 0.15) is 34.3 Å². The van der Waals surface area contributed by atoms with Crippen molar-refractivity contribution >= 4 is 15.9 Å². The molecule has 7 heteroatoms.